The molecule has 1 N–H and O–H groups in total. The van der Waals surface area contributed by atoms with E-state index in [0.29, 0.717) is 22.6 Å². The first-order valence-corrected chi connectivity index (χ1v) is 13.6. The number of hydrogen-bond acceptors (Lipinski definition) is 1. The van der Waals surface area contributed by atoms with Crippen LogP contribution in [-0.4, -0.2) is 5.11 Å². The SMILES string of the molecule is C/C=C/C1CCC(C2CCC(c3ccc(-c4ccc(-c5ccc(O)c(F)c5F)cc4)c(F)c3)CC2)CC1. The lowest BCUT2D eigenvalue weighted by atomic mass is 9.68. The molecule has 2 saturated carbocycles. The molecule has 4 heteroatoms. The number of phenols is 1. The Hall–Kier alpha value is -3.01. The highest BCUT2D eigenvalue weighted by Gasteiger charge is 2.31. The second-order valence-corrected chi connectivity index (χ2v) is 10.9. The van der Waals surface area contributed by atoms with Gasteiger partial charge in [0.25, 0.3) is 0 Å². The monoisotopic (exact) mass is 504 g/mol. The van der Waals surface area contributed by atoms with Gasteiger partial charge in [-0.3, -0.25) is 0 Å². The Morgan fingerprint density at radius 1 is 0.676 bits per heavy atom. The summed E-state index contributed by atoms with van der Waals surface area (Å²) in [6.07, 6.45) is 14.6. The molecule has 0 aliphatic heterocycles. The van der Waals surface area contributed by atoms with E-state index in [1.165, 1.54) is 44.6 Å². The zero-order valence-corrected chi connectivity index (χ0v) is 21.4. The maximum atomic E-state index is 15.2. The van der Waals surface area contributed by atoms with E-state index >= 15 is 4.39 Å². The highest BCUT2D eigenvalue weighted by atomic mass is 19.2. The molecule has 37 heavy (non-hydrogen) atoms. The summed E-state index contributed by atoms with van der Waals surface area (Å²) in [5.41, 5.74) is 2.78. The van der Waals surface area contributed by atoms with Crippen molar-refractivity contribution < 1.29 is 18.3 Å². The van der Waals surface area contributed by atoms with E-state index < -0.39 is 17.4 Å². The Labute approximate surface area is 218 Å². The van der Waals surface area contributed by atoms with Crippen LogP contribution in [0, 0.1) is 35.2 Å². The van der Waals surface area contributed by atoms with Gasteiger partial charge in [0.2, 0.25) is 5.82 Å². The van der Waals surface area contributed by atoms with Crippen molar-refractivity contribution in [3.05, 3.63) is 89.8 Å². The first-order valence-electron chi connectivity index (χ1n) is 13.6. The second kappa shape index (κ2) is 11.2. The van der Waals surface area contributed by atoms with Gasteiger partial charge in [0, 0.05) is 11.1 Å². The number of rotatable bonds is 5. The first kappa shape index (κ1) is 25.6. The fourth-order valence-electron chi connectivity index (χ4n) is 6.62. The first-order chi connectivity index (χ1) is 17.9. The van der Waals surface area contributed by atoms with Crippen molar-refractivity contribution in [2.24, 2.45) is 17.8 Å². The Morgan fingerprint density at radius 2 is 1.24 bits per heavy atom. The number of benzene rings is 3. The van der Waals surface area contributed by atoms with E-state index in [2.05, 4.69) is 25.1 Å². The molecule has 0 aromatic heterocycles. The average Bonchev–Trinajstić information content (AvgIpc) is 2.93. The van der Waals surface area contributed by atoms with Crippen LogP contribution in [0.25, 0.3) is 22.3 Å². The molecule has 3 aromatic rings. The molecule has 0 bridgehead atoms. The van der Waals surface area contributed by atoms with Crippen molar-refractivity contribution in [3.8, 4) is 28.0 Å². The van der Waals surface area contributed by atoms with Crippen LogP contribution in [0.2, 0.25) is 0 Å². The lowest BCUT2D eigenvalue weighted by Crippen LogP contribution is -2.25. The van der Waals surface area contributed by atoms with Gasteiger partial charge in [0.05, 0.1) is 0 Å². The summed E-state index contributed by atoms with van der Waals surface area (Å²) in [6, 6.07) is 14.8. The van der Waals surface area contributed by atoms with Crippen molar-refractivity contribution in [2.75, 3.05) is 0 Å². The molecule has 0 unspecified atom stereocenters. The fraction of sp³-hybridized carbons (Fsp3) is 0.394. The minimum atomic E-state index is -1.27. The molecule has 2 aliphatic carbocycles. The van der Waals surface area contributed by atoms with Crippen LogP contribution in [0.1, 0.15) is 69.8 Å². The topological polar surface area (TPSA) is 20.2 Å². The standard InChI is InChI=1S/C33H35F3O/c1-2-3-21-4-6-22(7-5-21)23-8-10-24(11-9-23)27-16-17-28(30(34)20-27)25-12-14-26(15-13-25)29-18-19-31(37)33(36)32(29)35/h2-3,12-24,37H,4-11H2,1H3/b3-2+. The predicted octanol–water partition coefficient (Wildman–Crippen LogP) is 9.80. The van der Waals surface area contributed by atoms with Gasteiger partial charge in [-0.1, -0.05) is 48.6 Å². The molecule has 0 radical (unpaired) electrons. The van der Waals surface area contributed by atoms with Crippen LogP contribution in [-0.2, 0) is 0 Å². The third-order valence-electron chi connectivity index (χ3n) is 8.75. The van der Waals surface area contributed by atoms with Gasteiger partial charge in [-0.25, -0.2) is 8.78 Å². The highest BCUT2D eigenvalue weighted by molar-refractivity contribution is 5.71. The summed E-state index contributed by atoms with van der Waals surface area (Å²) in [5.74, 6) is -0.486. The minimum Gasteiger partial charge on any atom is -0.505 e. The van der Waals surface area contributed by atoms with E-state index in [4.69, 9.17) is 0 Å². The number of allylic oxidation sites excluding steroid dienone is 2. The normalized spacial score (nSPS) is 24.4. The molecular formula is C33H35F3O. The average molecular weight is 505 g/mol. The van der Waals surface area contributed by atoms with E-state index in [1.54, 1.807) is 30.3 Å². The Balaban J connectivity index is 1.22. The Morgan fingerprint density at radius 3 is 1.84 bits per heavy atom. The van der Waals surface area contributed by atoms with Gasteiger partial charge in [-0.05, 0) is 117 Å². The smallest absolute Gasteiger partial charge is 0.200 e. The third kappa shape index (κ3) is 5.49. The maximum absolute atomic E-state index is 15.2. The zero-order valence-electron chi connectivity index (χ0n) is 21.4. The molecule has 2 aliphatic rings. The van der Waals surface area contributed by atoms with Gasteiger partial charge >= 0.3 is 0 Å². The quantitative estimate of drug-likeness (QED) is 0.343. The summed E-state index contributed by atoms with van der Waals surface area (Å²) < 4.78 is 43.2. The van der Waals surface area contributed by atoms with Gasteiger partial charge in [-0.2, -0.15) is 4.39 Å². The second-order valence-electron chi connectivity index (χ2n) is 10.9. The van der Waals surface area contributed by atoms with E-state index in [1.807, 2.05) is 6.07 Å². The van der Waals surface area contributed by atoms with Gasteiger partial charge in [-0.15, -0.1) is 0 Å². The summed E-state index contributed by atoms with van der Waals surface area (Å²) in [5, 5.41) is 9.35. The van der Waals surface area contributed by atoms with Crippen molar-refractivity contribution >= 4 is 0 Å². The number of phenolic OH excluding ortho intramolecular Hbond substituents is 1. The molecule has 194 valence electrons. The number of halogens is 3. The van der Waals surface area contributed by atoms with E-state index in [9.17, 15) is 13.9 Å². The molecule has 0 saturated heterocycles. The molecule has 0 heterocycles. The van der Waals surface area contributed by atoms with Crippen LogP contribution in [0.15, 0.2) is 66.7 Å². The van der Waals surface area contributed by atoms with Crippen LogP contribution >= 0.6 is 0 Å². The van der Waals surface area contributed by atoms with Crippen LogP contribution < -0.4 is 0 Å². The molecule has 2 fully saturated rings. The lowest BCUT2D eigenvalue weighted by molar-refractivity contribution is 0.171. The summed E-state index contributed by atoms with van der Waals surface area (Å²) in [7, 11) is 0. The molecule has 3 aromatic carbocycles. The fourth-order valence-corrected chi connectivity index (χ4v) is 6.62. The Kier molecular flexibility index (Phi) is 7.73. The van der Waals surface area contributed by atoms with Crippen molar-refractivity contribution in [3.63, 3.8) is 0 Å². The van der Waals surface area contributed by atoms with Crippen LogP contribution in [0.4, 0.5) is 13.2 Å². The van der Waals surface area contributed by atoms with Gasteiger partial charge < -0.3 is 5.11 Å². The summed E-state index contributed by atoms with van der Waals surface area (Å²) >= 11 is 0. The predicted molar refractivity (Wildman–Crippen MR) is 144 cm³/mol. The molecule has 5 rings (SSSR count). The number of aromatic hydroxyl groups is 1. The van der Waals surface area contributed by atoms with Crippen molar-refractivity contribution in [1.82, 2.24) is 0 Å². The molecule has 0 atom stereocenters. The highest BCUT2D eigenvalue weighted by Crippen LogP contribution is 2.44. The lowest BCUT2D eigenvalue weighted by Gasteiger charge is -2.37. The Bertz CT molecular complexity index is 1250. The maximum Gasteiger partial charge on any atom is 0.200 e. The van der Waals surface area contributed by atoms with Crippen LogP contribution in [0.5, 0.6) is 5.75 Å². The van der Waals surface area contributed by atoms with Gasteiger partial charge in [0.1, 0.15) is 5.82 Å². The van der Waals surface area contributed by atoms with Crippen molar-refractivity contribution in [1.29, 1.82) is 0 Å². The molecule has 0 spiro atoms. The summed E-state index contributed by atoms with van der Waals surface area (Å²) in [6.45, 7) is 2.11. The zero-order chi connectivity index (χ0) is 25.9. The molecule has 1 nitrogen and oxygen atoms in total. The van der Waals surface area contributed by atoms with Crippen molar-refractivity contribution in [2.45, 2.75) is 64.2 Å². The minimum absolute atomic E-state index is 0.0547. The summed E-state index contributed by atoms with van der Waals surface area (Å²) in [4.78, 5) is 0. The van der Waals surface area contributed by atoms with Crippen LogP contribution in [0.3, 0.4) is 0 Å². The van der Waals surface area contributed by atoms with Gasteiger partial charge in [0.15, 0.2) is 11.6 Å². The van der Waals surface area contributed by atoms with E-state index in [0.717, 1.165) is 42.2 Å². The molecule has 0 amide bonds. The third-order valence-corrected chi connectivity index (χ3v) is 8.75. The number of hydrogen-bond donors (Lipinski definition) is 1. The molecular weight excluding hydrogens is 469 g/mol. The largest absolute Gasteiger partial charge is 0.505 e. The van der Waals surface area contributed by atoms with E-state index in [-0.39, 0.29) is 11.4 Å².